The Hall–Kier alpha value is -2.60. The highest BCUT2D eigenvalue weighted by Crippen LogP contribution is 2.26. The molecule has 0 atom stereocenters. The van der Waals surface area contributed by atoms with Crippen LogP contribution in [0.3, 0.4) is 0 Å². The third kappa shape index (κ3) is 2.85. The third-order valence-electron chi connectivity index (χ3n) is 3.61. The minimum atomic E-state index is -0.266. The van der Waals surface area contributed by atoms with Gasteiger partial charge in [0.25, 0.3) is 0 Å². The minimum Gasteiger partial charge on any atom is -0.207 e. The molecular weight excluding hydrogens is 311 g/mol. The first-order valence-electron chi connectivity index (χ1n) is 7.30. The van der Waals surface area contributed by atoms with E-state index in [9.17, 15) is 4.39 Å². The van der Waals surface area contributed by atoms with Crippen molar-refractivity contribution in [2.24, 2.45) is 0 Å². The second kappa shape index (κ2) is 5.89. The standard InChI is InChI=1S/C17H13FN4S/c18-14-8-4-7-13(11-14)16-21-22-15(19-20-17(22)23-16)10-9-12-5-2-1-3-6-12/h1-8,11H,9-10H2. The van der Waals surface area contributed by atoms with Crippen LogP contribution in [0.1, 0.15) is 11.4 Å². The molecule has 0 aliphatic heterocycles. The maximum absolute atomic E-state index is 13.4. The summed E-state index contributed by atoms with van der Waals surface area (Å²) in [5.74, 6) is 0.556. The van der Waals surface area contributed by atoms with Crippen molar-refractivity contribution in [2.45, 2.75) is 12.8 Å². The lowest BCUT2D eigenvalue weighted by Crippen LogP contribution is -1.99. The zero-order valence-electron chi connectivity index (χ0n) is 12.2. The second-order valence-corrected chi connectivity index (χ2v) is 6.17. The summed E-state index contributed by atoms with van der Waals surface area (Å²) in [4.78, 5) is 0.729. The molecule has 0 bridgehead atoms. The van der Waals surface area contributed by atoms with Crippen molar-refractivity contribution < 1.29 is 4.39 Å². The van der Waals surface area contributed by atoms with Crippen molar-refractivity contribution in [1.82, 2.24) is 19.8 Å². The Morgan fingerprint density at radius 2 is 1.83 bits per heavy atom. The second-order valence-electron chi connectivity index (χ2n) is 5.21. The van der Waals surface area contributed by atoms with Crippen molar-refractivity contribution >= 4 is 16.3 Å². The molecule has 0 radical (unpaired) electrons. The normalized spacial score (nSPS) is 11.2. The minimum absolute atomic E-state index is 0.266. The lowest BCUT2D eigenvalue weighted by Gasteiger charge is -1.99. The van der Waals surface area contributed by atoms with E-state index in [2.05, 4.69) is 27.4 Å². The van der Waals surface area contributed by atoms with Crippen molar-refractivity contribution in [3.05, 3.63) is 71.8 Å². The van der Waals surface area contributed by atoms with Crippen LogP contribution in [0.15, 0.2) is 54.6 Å². The van der Waals surface area contributed by atoms with Crippen LogP contribution in [0.4, 0.5) is 4.39 Å². The van der Waals surface area contributed by atoms with Gasteiger partial charge in [0.05, 0.1) is 0 Å². The van der Waals surface area contributed by atoms with Crippen LogP contribution in [0.5, 0.6) is 0 Å². The highest BCUT2D eigenvalue weighted by atomic mass is 32.1. The van der Waals surface area contributed by atoms with E-state index in [1.807, 2.05) is 24.3 Å². The predicted octanol–water partition coefficient (Wildman–Crippen LogP) is 3.78. The Bertz CT molecular complexity index is 946. The van der Waals surface area contributed by atoms with Crippen molar-refractivity contribution in [3.63, 3.8) is 0 Å². The fourth-order valence-electron chi connectivity index (χ4n) is 2.45. The Morgan fingerprint density at radius 3 is 2.65 bits per heavy atom. The van der Waals surface area contributed by atoms with E-state index >= 15 is 0 Å². The van der Waals surface area contributed by atoms with Crippen LogP contribution < -0.4 is 0 Å². The number of nitrogens with zero attached hydrogens (tertiary/aromatic N) is 4. The fraction of sp³-hybridized carbons (Fsp3) is 0.118. The van der Waals surface area contributed by atoms with Crippen LogP contribution in [0.2, 0.25) is 0 Å². The van der Waals surface area contributed by atoms with E-state index < -0.39 is 0 Å². The largest absolute Gasteiger partial charge is 0.234 e. The maximum atomic E-state index is 13.4. The zero-order chi connectivity index (χ0) is 15.6. The van der Waals surface area contributed by atoms with Crippen molar-refractivity contribution in [1.29, 1.82) is 0 Å². The van der Waals surface area contributed by atoms with Gasteiger partial charge < -0.3 is 0 Å². The number of fused-ring (bicyclic) bond motifs is 1. The number of halogens is 1. The number of aromatic nitrogens is 4. The van der Waals surface area contributed by atoms with Crippen LogP contribution in [0, 0.1) is 5.82 Å². The molecule has 0 aliphatic carbocycles. The molecule has 4 aromatic rings. The molecule has 0 saturated carbocycles. The summed E-state index contributed by atoms with van der Waals surface area (Å²) in [5, 5.41) is 13.7. The van der Waals surface area contributed by atoms with Gasteiger partial charge in [-0.1, -0.05) is 53.8 Å². The molecule has 0 saturated heterocycles. The number of aryl methyl sites for hydroxylation is 2. The van der Waals surface area contributed by atoms with E-state index in [1.165, 1.54) is 29.0 Å². The van der Waals surface area contributed by atoms with Gasteiger partial charge in [-0.3, -0.25) is 0 Å². The Balaban J connectivity index is 1.62. The van der Waals surface area contributed by atoms with Crippen molar-refractivity contribution in [2.75, 3.05) is 0 Å². The summed E-state index contributed by atoms with van der Waals surface area (Å²) < 4.78 is 15.1. The van der Waals surface area contributed by atoms with Crippen LogP contribution >= 0.6 is 11.3 Å². The summed E-state index contributed by atoms with van der Waals surface area (Å²) in [6.07, 6.45) is 1.64. The first kappa shape index (κ1) is 14.0. The number of benzene rings is 2. The maximum Gasteiger partial charge on any atom is 0.234 e. The van der Waals surface area contributed by atoms with Crippen molar-refractivity contribution in [3.8, 4) is 10.6 Å². The molecule has 4 rings (SSSR count). The molecule has 0 amide bonds. The van der Waals surface area contributed by atoms with Gasteiger partial charge in [0.2, 0.25) is 4.96 Å². The van der Waals surface area contributed by atoms with Gasteiger partial charge in [-0.05, 0) is 24.1 Å². The third-order valence-corrected chi connectivity index (χ3v) is 4.55. The van der Waals surface area contributed by atoms with Gasteiger partial charge in [-0.15, -0.1) is 10.2 Å². The zero-order valence-corrected chi connectivity index (χ0v) is 13.0. The number of hydrogen-bond donors (Lipinski definition) is 0. The van der Waals surface area contributed by atoms with Gasteiger partial charge in [0.1, 0.15) is 10.8 Å². The predicted molar refractivity (Wildman–Crippen MR) is 87.9 cm³/mol. The average Bonchev–Trinajstić information content (AvgIpc) is 3.15. The summed E-state index contributed by atoms with van der Waals surface area (Å²) in [6.45, 7) is 0. The average molecular weight is 324 g/mol. The molecule has 0 unspecified atom stereocenters. The van der Waals surface area contributed by atoms with Gasteiger partial charge in [0, 0.05) is 12.0 Å². The molecule has 0 aliphatic rings. The summed E-state index contributed by atoms with van der Waals surface area (Å²) in [5.41, 5.74) is 2.01. The SMILES string of the molecule is Fc1cccc(-c2nn3c(CCc4ccccc4)nnc3s2)c1. The van der Waals surface area contributed by atoms with Crippen LogP contribution in [-0.2, 0) is 12.8 Å². The van der Waals surface area contributed by atoms with Crippen LogP contribution in [0.25, 0.3) is 15.5 Å². The van der Waals surface area contributed by atoms with E-state index in [1.54, 1.807) is 10.6 Å². The number of hydrogen-bond acceptors (Lipinski definition) is 4. The summed E-state index contributed by atoms with van der Waals surface area (Å²) in [6, 6.07) is 16.7. The Morgan fingerprint density at radius 1 is 0.957 bits per heavy atom. The number of rotatable bonds is 4. The molecule has 0 N–H and O–H groups in total. The highest BCUT2D eigenvalue weighted by Gasteiger charge is 2.13. The monoisotopic (exact) mass is 324 g/mol. The van der Waals surface area contributed by atoms with Gasteiger partial charge in [-0.25, -0.2) is 4.39 Å². The molecule has 2 heterocycles. The van der Waals surface area contributed by atoms with Crippen LogP contribution in [-0.4, -0.2) is 19.8 Å². The van der Waals surface area contributed by atoms with E-state index in [4.69, 9.17) is 0 Å². The van der Waals surface area contributed by atoms with Gasteiger partial charge >= 0.3 is 0 Å². The molecule has 6 heteroatoms. The smallest absolute Gasteiger partial charge is 0.207 e. The first-order chi connectivity index (χ1) is 11.3. The lowest BCUT2D eigenvalue weighted by atomic mass is 10.1. The molecule has 2 aromatic carbocycles. The van der Waals surface area contributed by atoms with E-state index in [0.717, 1.165) is 34.2 Å². The molecule has 2 aromatic heterocycles. The summed E-state index contributed by atoms with van der Waals surface area (Å²) >= 11 is 1.41. The summed E-state index contributed by atoms with van der Waals surface area (Å²) in [7, 11) is 0. The topological polar surface area (TPSA) is 43.1 Å². The molecule has 0 fully saturated rings. The molecule has 23 heavy (non-hydrogen) atoms. The lowest BCUT2D eigenvalue weighted by molar-refractivity contribution is 0.628. The van der Waals surface area contributed by atoms with E-state index in [-0.39, 0.29) is 5.82 Å². The van der Waals surface area contributed by atoms with Gasteiger partial charge in [0.15, 0.2) is 5.82 Å². The highest BCUT2D eigenvalue weighted by molar-refractivity contribution is 7.19. The fourth-order valence-corrected chi connectivity index (χ4v) is 3.31. The quantitative estimate of drug-likeness (QED) is 0.574. The molecule has 114 valence electrons. The Kier molecular flexibility index (Phi) is 3.59. The van der Waals surface area contributed by atoms with Gasteiger partial charge in [-0.2, -0.15) is 9.61 Å². The molecular formula is C17H13FN4S. The first-order valence-corrected chi connectivity index (χ1v) is 8.12. The Labute approximate surface area is 136 Å². The molecule has 0 spiro atoms. The van der Waals surface area contributed by atoms with E-state index in [0.29, 0.717) is 0 Å². The molecule has 4 nitrogen and oxygen atoms in total.